The molecule has 12 heteroatoms. The molecule has 0 radical (unpaired) electrons. The minimum absolute atomic E-state index is 0.0559. The van der Waals surface area contributed by atoms with Gasteiger partial charge in [0.05, 0.1) is 11.6 Å². The Labute approximate surface area is 210 Å². The van der Waals surface area contributed by atoms with Crippen LogP contribution in [-0.4, -0.2) is 64.5 Å². The summed E-state index contributed by atoms with van der Waals surface area (Å²) in [7, 11) is 3.41. The maximum atomic E-state index is 10.6. The minimum atomic E-state index is -0.838. The zero-order chi connectivity index (χ0) is 23.9. The molecule has 1 aromatic heterocycles. The zero-order valence-corrected chi connectivity index (χ0v) is 21.3. The molecular weight excluding hydrogens is 526 g/mol. The first-order chi connectivity index (χ1) is 16.5. The van der Waals surface area contributed by atoms with Crippen molar-refractivity contribution in [1.29, 1.82) is 0 Å². The van der Waals surface area contributed by atoms with Crippen LogP contribution in [0.2, 0.25) is 0 Å². The van der Waals surface area contributed by atoms with Crippen LogP contribution in [0.4, 0.5) is 0 Å². The summed E-state index contributed by atoms with van der Waals surface area (Å²) in [5.74, 6) is 3.27. The van der Waals surface area contributed by atoms with Crippen LogP contribution in [-0.2, 0) is 13.6 Å². The molecule has 0 spiro atoms. The summed E-state index contributed by atoms with van der Waals surface area (Å²) in [5.41, 5.74) is 1.73. The molecule has 2 aromatic carbocycles. The largest absolute Gasteiger partial charge is 0.493 e. The maximum absolute atomic E-state index is 10.6. The van der Waals surface area contributed by atoms with Gasteiger partial charge in [-0.3, -0.25) is 0 Å². The Bertz CT molecular complexity index is 1120. The van der Waals surface area contributed by atoms with Gasteiger partial charge in [0.2, 0.25) is 5.16 Å². The molecule has 0 fully saturated rings. The van der Waals surface area contributed by atoms with Crippen molar-refractivity contribution in [2.75, 3.05) is 39.2 Å². The third-order valence-electron chi connectivity index (χ3n) is 5.05. The number of tetrazole rings is 1. The number of rotatable bonds is 11. The third-order valence-corrected chi connectivity index (χ3v) is 6.65. The van der Waals surface area contributed by atoms with Crippen molar-refractivity contribution in [3.8, 4) is 23.0 Å². The highest BCUT2D eigenvalue weighted by Crippen LogP contribution is 2.38. The van der Waals surface area contributed by atoms with Gasteiger partial charge >= 0.3 is 0 Å². The van der Waals surface area contributed by atoms with E-state index < -0.39 is 6.10 Å². The molecule has 1 aliphatic heterocycles. The van der Waals surface area contributed by atoms with Crippen molar-refractivity contribution in [1.82, 2.24) is 25.5 Å². The number of benzene rings is 2. The van der Waals surface area contributed by atoms with Crippen LogP contribution < -0.4 is 24.3 Å². The number of nitrogens with zero attached hydrogens (tertiary/aromatic N) is 4. The van der Waals surface area contributed by atoms with Gasteiger partial charge in [0.1, 0.15) is 25.9 Å². The molecule has 0 saturated heterocycles. The molecule has 0 saturated carbocycles. The second kappa shape index (κ2) is 11.7. The number of aryl methyl sites for hydroxylation is 1. The minimum Gasteiger partial charge on any atom is -0.493 e. The smallest absolute Gasteiger partial charge is 0.209 e. The number of hydrogen-bond acceptors (Lipinski definition) is 10. The molecular formula is C22H26BrN5O5S. The van der Waals surface area contributed by atoms with Gasteiger partial charge in [0.15, 0.2) is 23.0 Å². The summed E-state index contributed by atoms with van der Waals surface area (Å²) < 4.78 is 25.0. The molecule has 10 nitrogen and oxygen atoms in total. The van der Waals surface area contributed by atoms with Gasteiger partial charge in [0, 0.05) is 25.9 Å². The fourth-order valence-electron chi connectivity index (χ4n) is 3.33. The van der Waals surface area contributed by atoms with Crippen LogP contribution in [0.1, 0.15) is 17.2 Å². The molecule has 2 N–H and O–H groups in total. The SMILES string of the molecule is COc1cc(CNCCSc2nnnn2C)cc(Br)c1OCC(O)c1ccc2c(c1)OCCO2. The Morgan fingerprint density at radius 1 is 1.24 bits per heavy atom. The standard InChI is InChI=1S/C22H26BrN5O5S/c1-28-22(25-26-27-28)34-8-5-24-12-14-9-16(23)21(20(10-14)30-2)33-13-17(29)15-3-4-18-19(11-15)32-7-6-31-18/h3-4,9-11,17,24,29H,5-8,12-13H2,1-2H3. The first kappa shape index (κ1) is 24.6. The van der Waals surface area contributed by atoms with Crippen LogP contribution in [0.25, 0.3) is 0 Å². The van der Waals surface area contributed by atoms with Crippen LogP contribution >= 0.6 is 27.7 Å². The number of halogens is 1. The van der Waals surface area contributed by atoms with Crippen molar-refractivity contribution >= 4 is 27.7 Å². The van der Waals surface area contributed by atoms with Gasteiger partial charge < -0.3 is 29.4 Å². The number of aliphatic hydroxyl groups is 1. The number of hydrogen-bond donors (Lipinski definition) is 2. The first-order valence-electron chi connectivity index (χ1n) is 10.7. The van der Waals surface area contributed by atoms with E-state index in [4.69, 9.17) is 18.9 Å². The Balaban J connectivity index is 1.31. The lowest BCUT2D eigenvalue weighted by atomic mass is 10.1. The van der Waals surface area contributed by atoms with Gasteiger partial charge in [0.25, 0.3) is 0 Å². The predicted octanol–water partition coefficient (Wildman–Crippen LogP) is 2.75. The predicted molar refractivity (Wildman–Crippen MR) is 130 cm³/mol. The lowest BCUT2D eigenvalue weighted by Crippen LogP contribution is -2.17. The van der Waals surface area contributed by atoms with E-state index in [2.05, 4.69) is 36.8 Å². The maximum Gasteiger partial charge on any atom is 0.209 e. The summed E-state index contributed by atoms with van der Waals surface area (Å²) in [6, 6.07) is 9.28. The molecule has 4 rings (SSSR count). The second-order valence-electron chi connectivity index (χ2n) is 7.45. The highest BCUT2D eigenvalue weighted by molar-refractivity contribution is 9.10. The Morgan fingerprint density at radius 2 is 2.06 bits per heavy atom. The number of ether oxygens (including phenoxy) is 4. The summed E-state index contributed by atoms with van der Waals surface area (Å²) in [4.78, 5) is 0. The lowest BCUT2D eigenvalue weighted by molar-refractivity contribution is 0.105. The van der Waals surface area contributed by atoms with Gasteiger partial charge in [-0.1, -0.05) is 17.8 Å². The number of nitrogens with one attached hydrogen (secondary N) is 1. The second-order valence-corrected chi connectivity index (χ2v) is 9.37. The number of aliphatic hydroxyl groups excluding tert-OH is 1. The van der Waals surface area contributed by atoms with E-state index in [1.54, 1.807) is 35.7 Å². The van der Waals surface area contributed by atoms with Gasteiger partial charge in [-0.15, -0.1) is 5.10 Å². The molecule has 1 aliphatic rings. The van der Waals surface area contributed by atoms with Crippen LogP contribution in [0.5, 0.6) is 23.0 Å². The molecule has 1 atom stereocenters. The van der Waals surface area contributed by atoms with Crippen molar-refractivity contribution in [3.63, 3.8) is 0 Å². The molecule has 182 valence electrons. The van der Waals surface area contributed by atoms with E-state index in [9.17, 15) is 5.11 Å². The number of aromatic nitrogens is 4. The highest BCUT2D eigenvalue weighted by Gasteiger charge is 2.18. The fourth-order valence-corrected chi connectivity index (χ4v) is 4.68. The Hall–Kier alpha value is -2.54. The molecule has 0 bridgehead atoms. The quantitative estimate of drug-likeness (QED) is 0.272. The topological polar surface area (TPSA) is 113 Å². The molecule has 1 unspecified atom stereocenters. The third kappa shape index (κ3) is 6.12. The molecule has 3 aromatic rings. The molecule has 0 aliphatic carbocycles. The zero-order valence-electron chi connectivity index (χ0n) is 18.9. The number of methoxy groups -OCH3 is 1. The Morgan fingerprint density at radius 3 is 2.82 bits per heavy atom. The fraction of sp³-hybridized carbons (Fsp3) is 0.409. The van der Waals surface area contributed by atoms with Gasteiger partial charge in [-0.25, -0.2) is 4.68 Å². The molecule has 2 heterocycles. The van der Waals surface area contributed by atoms with Crippen molar-refractivity contribution in [2.24, 2.45) is 7.05 Å². The summed E-state index contributed by atoms with van der Waals surface area (Å²) in [6.07, 6.45) is -0.838. The Kier molecular flexibility index (Phi) is 8.48. The lowest BCUT2D eigenvalue weighted by Gasteiger charge is -2.21. The molecule has 34 heavy (non-hydrogen) atoms. The van der Waals surface area contributed by atoms with Crippen LogP contribution in [0.3, 0.4) is 0 Å². The van der Waals surface area contributed by atoms with E-state index in [1.165, 1.54) is 0 Å². The molecule has 0 amide bonds. The number of fused-ring (bicyclic) bond motifs is 1. The van der Waals surface area contributed by atoms with E-state index in [1.807, 2.05) is 25.2 Å². The summed E-state index contributed by atoms with van der Waals surface area (Å²) >= 11 is 5.16. The van der Waals surface area contributed by atoms with Crippen LogP contribution in [0, 0.1) is 0 Å². The van der Waals surface area contributed by atoms with E-state index in [0.717, 1.165) is 27.5 Å². The monoisotopic (exact) mass is 551 g/mol. The summed E-state index contributed by atoms with van der Waals surface area (Å²) in [6.45, 7) is 2.52. The van der Waals surface area contributed by atoms with E-state index >= 15 is 0 Å². The average molecular weight is 552 g/mol. The van der Waals surface area contributed by atoms with Gasteiger partial charge in [-0.05, 0) is 61.7 Å². The normalized spacial score (nSPS) is 13.5. The number of thioether (sulfide) groups is 1. The van der Waals surface area contributed by atoms with Crippen molar-refractivity contribution in [2.45, 2.75) is 17.8 Å². The van der Waals surface area contributed by atoms with Crippen molar-refractivity contribution in [3.05, 3.63) is 45.9 Å². The van der Waals surface area contributed by atoms with Crippen molar-refractivity contribution < 1.29 is 24.1 Å². The average Bonchev–Trinajstić information content (AvgIpc) is 3.26. The summed E-state index contributed by atoms with van der Waals surface area (Å²) in [5, 5.41) is 26.2. The van der Waals surface area contributed by atoms with Gasteiger partial charge in [-0.2, -0.15) is 0 Å². The highest BCUT2D eigenvalue weighted by atomic mass is 79.9. The van der Waals surface area contributed by atoms with Crippen LogP contribution in [0.15, 0.2) is 40.0 Å². The first-order valence-corrected chi connectivity index (χ1v) is 12.5. The van der Waals surface area contributed by atoms with E-state index in [-0.39, 0.29) is 6.61 Å². The van der Waals surface area contributed by atoms with E-state index in [0.29, 0.717) is 48.3 Å².